The zero-order valence-corrected chi connectivity index (χ0v) is 11.8. The third-order valence-electron chi connectivity index (χ3n) is 2.89. The number of aliphatic hydroxyl groups excluding tert-OH is 1. The summed E-state index contributed by atoms with van der Waals surface area (Å²) >= 11 is 0. The molecular weight excluding hydrogens is 244 g/mol. The van der Waals surface area contributed by atoms with E-state index in [1.165, 1.54) is 10.5 Å². The number of carbonyl (C=O) groups excluding carboxylic acids is 1. The van der Waals surface area contributed by atoms with Crippen LogP contribution in [0.25, 0.3) is 0 Å². The standard InChI is InChI=1S/C14H22N2O3/c1-11-4-5-13(19-3)12(10-11)6-7-15-14(18)16(2)8-9-17/h4-5,10,17H,6-9H2,1-3H3,(H,15,18). The molecule has 0 radical (unpaired) electrons. The molecule has 1 aromatic carbocycles. The van der Waals surface area contributed by atoms with Crippen LogP contribution in [0.3, 0.4) is 0 Å². The van der Waals surface area contributed by atoms with Crippen molar-refractivity contribution in [2.45, 2.75) is 13.3 Å². The van der Waals surface area contributed by atoms with Crippen molar-refractivity contribution >= 4 is 6.03 Å². The summed E-state index contributed by atoms with van der Waals surface area (Å²) in [6.07, 6.45) is 0.712. The van der Waals surface area contributed by atoms with Gasteiger partial charge in [0.2, 0.25) is 0 Å². The minimum atomic E-state index is -0.180. The van der Waals surface area contributed by atoms with Crippen molar-refractivity contribution in [3.8, 4) is 5.75 Å². The predicted octanol–water partition coefficient (Wildman–Crippen LogP) is 1.18. The van der Waals surface area contributed by atoms with Gasteiger partial charge in [-0.15, -0.1) is 0 Å². The van der Waals surface area contributed by atoms with Crippen molar-refractivity contribution in [1.29, 1.82) is 0 Å². The number of aliphatic hydroxyl groups is 1. The Morgan fingerprint density at radius 3 is 2.84 bits per heavy atom. The van der Waals surface area contributed by atoms with Gasteiger partial charge in [0.1, 0.15) is 5.75 Å². The Bertz CT molecular complexity index is 421. The molecule has 1 aromatic rings. The number of methoxy groups -OCH3 is 1. The van der Waals surface area contributed by atoms with Gasteiger partial charge < -0.3 is 20.1 Å². The van der Waals surface area contributed by atoms with Crippen LogP contribution < -0.4 is 10.1 Å². The Balaban J connectivity index is 2.49. The molecule has 0 aromatic heterocycles. The quantitative estimate of drug-likeness (QED) is 0.812. The van der Waals surface area contributed by atoms with Crippen LogP contribution in [0.4, 0.5) is 4.79 Å². The van der Waals surface area contributed by atoms with Crippen molar-refractivity contribution in [2.24, 2.45) is 0 Å². The van der Waals surface area contributed by atoms with Gasteiger partial charge in [0.15, 0.2) is 0 Å². The summed E-state index contributed by atoms with van der Waals surface area (Å²) in [4.78, 5) is 13.1. The minimum Gasteiger partial charge on any atom is -0.496 e. The van der Waals surface area contributed by atoms with Gasteiger partial charge >= 0.3 is 6.03 Å². The number of amides is 2. The summed E-state index contributed by atoms with van der Waals surface area (Å²) in [7, 11) is 3.29. The Morgan fingerprint density at radius 2 is 2.21 bits per heavy atom. The predicted molar refractivity (Wildman–Crippen MR) is 74.5 cm³/mol. The fourth-order valence-corrected chi connectivity index (χ4v) is 1.79. The van der Waals surface area contributed by atoms with Gasteiger partial charge in [-0.25, -0.2) is 4.79 Å². The maximum Gasteiger partial charge on any atom is 0.317 e. The monoisotopic (exact) mass is 266 g/mol. The van der Waals surface area contributed by atoms with E-state index in [0.29, 0.717) is 19.5 Å². The first-order chi connectivity index (χ1) is 9.08. The molecule has 0 fully saturated rings. The van der Waals surface area contributed by atoms with Crippen LogP contribution in [0.2, 0.25) is 0 Å². The largest absolute Gasteiger partial charge is 0.496 e. The highest BCUT2D eigenvalue weighted by Gasteiger charge is 2.08. The van der Waals surface area contributed by atoms with Crippen LogP contribution in [0.5, 0.6) is 5.75 Å². The van der Waals surface area contributed by atoms with E-state index in [4.69, 9.17) is 9.84 Å². The fourth-order valence-electron chi connectivity index (χ4n) is 1.79. The fraction of sp³-hybridized carbons (Fsp3) is 0.500. The van der Waals surface area contributed by atoms with Crippen molar-refractivity contribution in [3.05, 3.63) is 29.3 Å². The number of hydrogen-bond donors (Lipinski definition) is 2. The Hall–Kier alpha value is -1.75. The van der Waals surface area contributed by atoms with Crippen molar-refractivity contribution in [2.75, 3.05) is 33.9 Å². The van der Waals surface area contributed by atoms with E-state index in [0.717, 1.165) is 11.3 Å². The molecule has 19 heavy (non-hydrogen) atoms. The number of carbonyl (C=O) groups is 1. The van der Waals surface area contributed by atoms with E-state index in [2.05, 4.69) is 11.4 Å². The number of nitrogens with zero attached hydrogens (tertiary/aromatic N) is 1. The van der Waals surface area contributed by atoms with Crippen molar-refractivity contribution in [3.63, 3.8) is 0 Å². The second-order valence-corrected chi connectivity index (χ2v) is 4.44. The molecular formula is C14H22N2O3. The third kappa shape index (κ3) is 4.79. The molecule has 0 aliphatic heterocycles. The molecule has 0 aliphatic rings. The first-order valence-electron chi connectivity index (χ1n) is 6.31. The molecule has 0 atom stereocenters. The highest BCUT2D eigenvalue weighted by Crippen LogP contribution is 2.19. The van der Waals surface area contributed by atoms with Gasteiger partial charge in [0, 0.05) is 20.1 Å². The molecule has 2 N–H and O–H groups in total. The molecule has 106 valence electrons. The average Bonchev–Trinajstić information content (AvgIpc) is 2.39. The van der Waals surface area contributed by atoms with E-state index in [1.807, 2.05) is 19.1 Å². The molecule has 2 amide bonds. The van der Waals surface area contributed by atoms with Gasteiger partial charge in [-0.05, 0) is 25.0 Å². The summed E-state index contributed by atoms with van der Waals surface area (Å²) < 4.78 is 5.29. The summed E-state index contributed by atoms with van der Waals surface area (Å²) in [5.41, 5.74) is 2.24. The average molecular weight is 266 g/mol. The van der Waals surface area contributed by atoms with Gasteiger partial charge in [-0.3, -0.25) is 0 Å². The van der Waals surface area contributed by atoms with Crippen LogP contribution in [0.1, 0.15) is 11.1 Å². The molecule has 0 saturated carbocycles. The lowest BCUT2D eigenvalue weighted by Gasteiger charge is -2.17. The molecule has 5 heteroatoms. The van der Waals surface area contributed by atoms with Crippen molar-refractivity contribution in [1.82, 2.24) is 10.2 Å². The molecule has 0 bridgehead atoms. The second-order valence-electron chi connectivity index (χ2n) is 4.44. The zero-order valence-electron chi connectivity index (χ0n) is 11.8. The highest BCUT2D eigenvalue weighted by atomic mass is 16.5. The van der Waals surface area contributed by atoms with Crippen LogP contribution in [0.15, 0.2) is 18.2 Å². The second kappa shape index (κ2) is 7.63. The van der Waals surface area contributed by atoms with Crippen LogP contribution in [-0.2, 0) is 6.42 Å². The van der Waals surface area contributed by atoms with E-state index in [-0.39, 0.29) is 12.6 Å². The number of rotatable bonds is 6. The summed E-state index contributed by atoms with van der Waals surface area (Å²) in [6, 6.07) is 5.81. The molecule has 5 nitrogen and oxygen atoms in total. The first-order valence-corrected chi connectivity index (χ1v) is 6.31. The number of urea groups is 1. The van der Waals surface area contributed by atoms with Gasteiger partial charge in [-0.2, -0.15) is 0 Å². The molecule has 0 aliphatic carbocycles. The highest BCUT2D eigenvalue weighted by molar-refractivity contribution is 5.73. The lowest BCUT2D eigenvalue weighted by molar-refractivity contribution is 0.190. The van der Waals surface area contributed by atoms with E-state index in [9.17, 15) is 4.79 Å². The summed E-state index contributed by atoms with van der Waals surface area (Å²) in [6.45, 7) is 2.86. The summed E-state index contributed by atoms with van der Waals surface area (Å²) in [5, 5.41) is 11.6. The van der Waals surface area contributed by atoms with E-state index in [1.54, 1.807) is 14.2 Å². The third-order valence-corrected chi connectivity index (χ3v) is 2.89. The zero-order chi connectivity index (χ0) is 14.3. The van der Waals surface area contributed by atoms with Gasteiger partial charge in [-0.1, -0.05) is 17.7 Å². The molecule has 1 rings (SSSR count). The molecule has 0 spiro atoms. The molecule has 0 saturated heterocycles. The Morgan fingerprint density at radius 1 is 1.47 bits per heavy atom. The van der Waals surface area contributed by atoms with Crippen molar-refractivity contribution < 1.29 is 14.6 Å². The Labute approximate surface area is 114 Å². The SMILES string of the molecule is COc1ccc(C)cc1CCNC(=O)N(C)CCO. The van der Waals surface area contributed by atoms with E-state index >= 15 is 0 Å². The maximum absolute atomic E-state index is 11.6. The topological polar surface area (TPSA) is 61.8 Å². The number of ether oxygens (including phenoxy) is 1. The molecule has 0 unspecified atom stereocenters. The Kier molecular flexibility index (Phi) is 6.15. The smallest absolute Gasteiger partial charge is 0.317 e. The number of benzene rings is 1. The van der Waals surface area contributed by atoms with Gasteiger partial charge in [0.05, 0.1) is 13.7 Å². The number of nitrogens with one attached hydrogen (secondary N) is 1. The molecule has 0 heterocycles. The number of likely N-dealkylation sites (N-methyl/N-ethyl adjacent to an activating group) is 1. The first kappa shape index (κ1) is 15.3. The normalized spacial score (nSPS) is 10.1. The number of aryl methyl sites for hydroxylation is 1. The lowest BCUT2D eigenvalue weighted by atomic mass is 10.1. The maximum atomic E-state index is 11.6. The van der Waals surface area contributed by atoms with Crippen LogP contribution >= 0.6 is 0 Å². The summed E-state index contributed by atoms with van der Waals surface area (Å²) in [5.74, 6) is 0.837. The van der Waals surface area contributed by atoms with Gasteiger partial charge in [0.25, 0.3) is 0 Å². The van der Waals surface area contributed by atoms with E-state index < -0.39 is 0 Å². The number of hydrogen-bond acceptors (Lipinski definition) is 3. The van der Waals surface area contributed by atoms with Crippen LogP contribution in [-0.4, -0.2) is 49.9 Å². The van der Waals surface area contributed by atoms with Crippen LogP contribution in [0, 0.1) is 6.92 Å². The minimum absolute atomic E-state index is 0.0321. The lowest BCUT2D eigenvalue weighted by Crippen LogP contribution is -2.39.